The smallest absolute Gasteiger partial charge is 0.356 e. The SMILES string of the molecule is COC(=O)c1ccc2ncn(CC(=O)OC(C)(C)C)c(=O)c2n1. The largest absolute Gasteiger partial charge is 0.464 e. The molecule has 0 spiro atoms. The summed E-state index contributed by atoms with van der Waals surface area (Å²) in [6.07, 6.45) is 1.24. The maximum Gasteiger partial charge on any atom is 0.356 e. The maximum absolute atomic E-state index is 12.4. The van der Waals surface area contributed by atoms with E-state index in [1.165, 1.54) is 25.6 Å². The van der Waals surface area contributed by atoms with Gasteiger partial charge in [0.15, 0.2) is 5.52 Å². The molecule has 0 unspecified atom stereocenters. The summed E-state index contributed by atoms with van der Waals surface area (Å²) in [4.78, 5) is 43.8. The summed E-state index contributed by atoms with van der Waals surface area (Å²) in [5, 5.41) is 0. The van der Waals surface area contributed by atoms with Gasteiger partial charge in [0.25, 0.3) is 5.56 Å². The lowest BCUT2D eigenvalue weighted by Gasteiger charge is -2.19. The number of methoxy groups -OCH3 is 1. The van der Waals surface area contributed by atoms with Gasteiger partial charge in [-0.05, 0) is 32.9 Å². The molecule has 2 aromatic rings. The number of carbonyl (C=O) groups is 2. The van der Waals surface area contributed by atoms with Gasteiger partial charge in [-0.25, -0.2) is 14.8 Å². The topological polar surface area (TPSA) is 100 Å². The zero-order valence-corrected chi connectivity index (χ0v) is 13.3. The molecule has 0 aliphatic heterocycles. The first-order valence-corrected chi connectivity index (χ1v) is 6.87. The fraction of sp³-hybridized carbons (Fsp3) is 0.400. The van der Waals surface area contributed by atoms with Crippen molar-refractivity contribution in [1.82, 2.24) is 14.5 Å². The summed E-state index contributed by atoms with van der Waals surface area (Å²) in [6.45, 7) is 4.91. The summed E-state index contributed by atoms with van der Waals surface area (Å²) in [7, 11) is 1.22. The Kier molecular flexibility index (Phi) is 4.44. The Labute approximate surface area is 132 Å². The fourth-order valence-electron chi connectivity index (χ4n) is 1.88. The van der Waals surface area contributed by atoms with E-state index in [9.17, 15) is 14.4 Å². The summed E-state index contributed by atoms with van der Waals surface area (Å²) in [6, 6.07) is 2.91. The highest BCUT2D eigenvalue weighted by atomic mass is 16.6. The van der Waals surface area contributed by atoms with Crippen LogP contribution in [-0.4, -0.2) is 39.2 Å². The Morgan fingerprint density at radius 1 is 1.26 bits per heavy atom. The third kappa shape index (κ3) is 3.91. The Morgan fingerprint density at radius 3 is 2.57 bits per heavy atom. The molecule has 0 radical (unpaired) electrons. The molecular weight excluding hydrogens is 302 g/mol. The van der Waals surface area contributed by atoms with E-state index in [0.717, 1.165) is 4.57 Å². The van der Waals surface area contributed by atoms with E-state index in [2.05, 4.69) is 14.7 Å². The molecule has 0 bridgehead atoms. The van der Waals surface area contributed by atoms with E-state index < -0.39 is 23.1 Å². The standard InChI is InChI=1S/C15H17N3O5/c1-15(2,3)23-11(19)7-18-8-16-9-5-6-10(14(21)22-4)17-12(9)13(18)20/h5-6,8H,7H2,1-4H3. The van der Waals surface area contributed by atoms with Crippen molar-refractivity contribution in [2.75, 3.05) is 7.11 Å². The molecule has 8 heteroatoms. The van der Waals surface area contributed by atoms with Crippen molar-refractivity contribution < 1.29 is 19.1 Å². The van der Waals surface area contributed by atoms with Crippen LogP contribution in [0, 0.1) is 0 Å². The van der Waals surface area contributed by atoms with Gasteiger partial charge < -0.3 is 9.47 Å². The molecule has 2 aromatic heterocycles. The maximum atomic E-state index is 12.4. The fourth-order valence-corrected chi connectivity index (χ4v) is 1.88. The summed E-state index contributed by atoms with van der Waals surface area (Å²) < 4.78 is 10.8. The predicted octanol–water partition coefficient (Wildman–Crippen LogP) is 0.920. The van der Waals surface area contributed by atoms with Crippen molar-refractivity contribution in [3.05, 3.63) is 34.5 Å². The second-order valence-corrected chi connectivity index (χ2v) is 5.82. The van der Waals surface area contributed by atoms with Crippen LogP contribution in [-0.2, 0) is 20.8 Å². The van der Waals surface area contributed by atoms with Gasteiger partial charge in [-0.15, -0.1) is 0 Å². The minimum atomic E-state index is -0.658. The normalized spacial score (nSPS) is 11.3. The second-order valence-electron chi connectivity index (χ2n) is 5.82. The molecule has 0 fully saturated rings. The average molecular weight is 319 g/mol. The predicted molar refractivity (Wildman–Crippen MR) is 81.0 cm³/mol. The van der Waals surface area contributed by atoms with E-state index in [4.69, 9.17) is 4.74 Å². The molecule has 0 aliphatic carbocycles. The van der Waals surface area contributed by atoms with E-state index in [0.29, 0.717) is 5.52 Å². The molecule has 0 atom stereocenters. The number of rotatable bonds is 3. The molecule has 8 nitrogen and oxygen atoms in total. The van der Waals surface area contributed by atoms with E-state index in [-0.39, 0.29) is 17.8 Å². The van der Waals surface area contributed by atoms with Gasteiger partial charge in [0, 0.05) is 0 Å². The highest BCUT2D eigenvalue weighted by Gasteiger charge is 2.18. The van der Waals surface area contributed by atoms with Crippen LogP contribution in [0.5, 0.6) is 0 Å². The molecule has 0 saturated heterocycles. The average Bonchev–Trinajstić information content (AvgIpc) is 2.47. The third-order valence-corrected chi connectivity index (χ3v) is 2.79. The van der Waals surface area contributed by atoms with Crippen LogP contribution in [0.25, 0.3) is 11.0 Å². The van der Waals surface area contributed by atoms with Crippen LogP contribution < -0.4 is 5.56 Å². The van der Waals surface area contributed by atoms with Crippen molar-refractivity contribution >= 4 is 23.0 Å². The van der Waals surface area contributed by atoms with E-state index in [1.807, 2.05) is 0 Å². The van der Waals surface area contributed by atoms with Gasteiger partial charge in [-0.2, -0.15) is 0 Å². The van der Waals surface area contributed by atoms with Crippen LogP contribution in [0.4, 0.5) is 0 Å². The van der Waals surface area contributed by atoms with Gasteiger partial charge in [-0.3, -0.25) is 14.2 Å². The number of hydrogen-bond acceptors (Lipinski definition) is 7. The molecule has 23 heavy (non-hydrogen) atoms. The number of pyridine rings is 1. The van der Waals surface area contributed by atoms with Gasteiger partial charge >= 0.3 is 11.9 Å². The lowest BCUT2D eigenvalue weighted by Crippen LogP contribution is -2.31. The number of aromatic nitrogens is 3. The van der Waals surface area contributed by atoms with Crippen molar-refractivity contribution in [2.45, 2.75) is 32.9 Å². The Hall–Kier alpha value is -2.77. The molecule has 0 aliphatic rings. The highest BCUT2D eigenvalue weighted by molar-refractivity contribution is 5.89. The molecule has 122 valence electrons. The molecule has 0 N–H and O–H groups in total. The van der Waals surface area contributed by atoms with Crippen molar-refractivity contribution in [3.63, 3.8) is 0 Å². The first kappa shape index (κ1) is 16.6. The highest BCUT2D eigenvalue weighted by Crippen LogP contribution is 2.09. The minimum Gasteiger partial charge on any atom is -0.464 e. The number of fused-ring (bicyclic) bond motifs is 1. The molecular formula is C15H17N3O5. The first-order valence-electron chi connectivity index (χ1n) is 6.87. The zero-order valence-electron chi connectivity index (χ0n) is 13.3. The van der Waals surface area contributed by atoms with E-state index >= 15 is 0 Å². The third-order valence-electron chi connectivity index (χ3n) is 2.79. The Bertz CT molecular complexity index is 820. The Morgan fingerprint density at radius 2 is 1.96 bits per heavy atom. The number of hydrogen-bond donors (Lipinski definition) is 0. The number of nitrogens with zero attached hydrogens (tertiary/aromatic N) is 3. The quantitative estimate of drug-likeness (QED) is 0.775. The van der Waals surface area contributed by atoms with Crippen LogP contribution >= 0.6 is 0 Å². The van der Waals surface area contributed by atoms with Gasteiger partial charge in [0.05, 0.1) is 19.0 Å². The number of ether oxygens (including phenoxy) is 2. The van der Waals surface area contributed by atoms with Crippen LogP contribution in [0.2, 0.25) is 0 Å². The zero-order chi connectivity index (χ0) is 17.2. The Balaban J connectivity index is 2.39. The molecule has 2 heterocycles. The second kappa shape index (κ2) is 6.15. The van der Waals surface area contributed by atoms with Crippen molar-refractivity contribution in [1.29, 1.82) is 0 Å². The van der Waals surface area contributed by atoms with Gasteiger partial charge in [0.1, 0.15) is 17.8 Å². The number of carbonyl (C=O) groups excluding carboxylic acids is 2. The van der Waals surface area contributed by atoms with Crippen LogP contribution in [0.3, 0.4) is 0 Å². The van der Waals surface area contributed by atoms with Gasteiger partial charge in [-0.1, -0.05) is 0 Å². The van der Waals surface area contributed by atoms with E-state index in [1.54, 1.807) is 20.8 Å². The summed E-state index contributed by atoms with van der Waals surface area (Å²) in [5.74, 6) is -1.22. The summed E-state index contributed by atoms with van der Waals surface area (Å²) in [5.41, 5.74) is -0.885. The molecule has 0 amide bonds. The van der Waals surface area contributed by atoms with Crippen LogP contribution in [0.1, 0.15) is 31.3 Å². The number of esters is 2. The monoisotopic (exact) mass is 319 g/mol. The molecule has 2 rings (SSSR count). The minimum absolute atomic E-state index is 0.00563. The van der Waals surface area contributed by atoms with Crippen molar-refractivity contribution in [3.8, 4) is 0 Å². The van der Waals surface area contributed by atoms with Gasteiger partial charge in [0.2, 0.25) is 0 Å². The molecule has 0 saturated carbocycles. The lowest BCUT2D eigenvalue weighted by atomic mass is 10.2. The van der Waals surface area contributed by atoms with Crippen LogP contribution in [0.15, 0.2) is 23.3 Å². The van der Waals surface area contributed by atoms with Crippen molar-refractivity contribution in [2.24, 2.45) is 0 Å². The lowest BCUT2D eigenvalue weighted by molar-refractivity contribution is -0.155. The summed E-state index contributed by atoms with van der Waals surface area (Å²) >= 11 is 0. The first-order chi connectivity index (χ1) is 10.7. The molecule has 0 aromatic carbocycles.